The summed E-state index contributed by atoms with van der Waals surface area (Å²) in [6.45, 7) is 4.43. The molecule has 2 aromatic rings. The second-order valence-electron chi connectivity index (χ2n) is 5.42. The van der Waals surface area contributed by atoms with Crippen molar-refractivity contribution < 1.29 is 4.74 Å². The fraction of sp³-hybridized carbons (Fsp3) is 0.353. The van der Waals surface area contributed by atoms with E-state index in [-0.39, 0.29) is 0 Å². The predicted molar refractivity (Wildman–Crippen MR) is 87.2 cm³/mol. The molecule has 0 bridgehead atoms. The van der Waals surface area contributed by atoms with E-state index in [4.69, 9.17) is 4.74 Å². The van der Waals surface area contributed by atoms with Crippen LogP contribution in [0, 0.1) is 11.3 Å². The van der Waals surface area contributed by atoms with Crippen LogP contribution in [0.1, 0.15) is 11.4 Å². The largest absolute Gasteiger partial charge is 0.481 e. The van der Waals surface area contributed by atoms with Gasteiger partial charge in [-0.05, 0) is 18.2 Å². The van der Waals surface area contributed by atoms with Gasteiger partial charge in [-0.25, -0.2) is 9.97 Å². The number of methoxy groups -OCH3 is 1. The summed E-state index contributed by atoms with van der Waals surface area (Å²) in [6, 6.07) is 11.8. The average molecular weight is 309 g/mol. The SMILES string of the molecule is COc1cccc(CN2CCN(c3cccnc3C#N)CC2)n1. The Morgan fingerprint density at radius 3 is 2.74 bits per heavy atom. The van der Waals surface area contributed by atoms with Gasteiger partial charge in [0.05, 0.1) is 18.5 Å². The number of aromatic nitrogens is 2. The summed E-state index contributed by atoms with van der Waals surface area (Å²) in [7, 11) is 1.63. The van der Waals surface area contributed by atoms with Crippen LogP contribution in [-0.4, -0.2) is 48.2 Å². The first-order valence-corrected chi connectivity index (χ1v) is 7.62. The number of ether oxygens (including phenoxy) is 1. The highest BCUT2D eigenvalue weighted by molar-refractivity contribution is 5.55. The average Bonchev–Trinajstić information content (AvgIpc) is 2.62. The van der Waals surface area contributed by atoms with Gasteiger partial charge in [-0.3, -0.25) is 4.90 Å². The standard InChI is InChI=1S/C17H19N5O/c1-23-17-6-2-4-14(20-17)13-21-8-10-22(11-9-21)16-5-3-7-19-15(16)12-18/h2-7H,8-11,13H2,1H3. The number of hydrogen-bond acceptors (Lipinski definition) is 6. The van der Waals surface area contributed by atoms with Gasteiger partial charge in [-0.1, -0.05) is 6.07 Å². The van der Waals surface area contributed by atoms with Crippen LogP contribution in [0.25, 0.3) is 0 Å². The minimum absolute atomic E-state index is 0.496. The summed E-state index contributed by atoms with van der Waals surface area (Å²) in [5.74, 6) is 0.648. The number of nitrogens with zero attached hydrogens (tertiary/aromatic N) is 5. The number of pyridine rings is 2. The maximum atomic E-state index is 9.18. The van der Waals surface area contributed by atoms with Gasteiger partial charge in [0, 0.05) is 45.0 Å². The van der Waals surface area contributed by atoms with Crippen molar-refractivity contribution in [1.82, 2.24) is 14.9 Å². The van der Waals surface area contributed by atoms with Crippen LogP contribution in [0.3, 0.4) is 0 Å². The van der Waals surface area contributed by atoms with Crippen LogP contribution in [0.2, 0.25) is 0 Å². The first kappa shape index (κ1) is 15.3. The third-order valence-electron chi connectivity index (χ3n) is 3.98. The number of nitriles is 1. The summed E-state index contributed by atoms with van der Waals surface area (Å²) >= 11 is 0. The maximum absolute atomic E-state index is 9.18. The summed E-state index contributed by atoms with van der Waals surface area (Å²) in [5, 5.41) is 9.18. The Labute approximate surface area is 136 Å². The van der Waals surface area contributed by atoms with Crippen molar-refractivity contribution in [3.63, 3.8) is 0 Å². The van der Waals surface area contributed by atoms with Crippen LogP contribution in [0.15, 0.2) is 36.5 Å². The lowest BCUT2D eigenvalue weighted by Crippen LogP contribution is -2.46. The molecule has 6 heteroatoms. The quantitative estimate of drug-likeness (QED) is 0.856. The first-order valence-electron chi connectivity index (χ1n) is 7.62. The lowest BCUT2D eigenvalue weighted by molar-refractivity contribution is 0.246. The second-order valence-corrected chi connectivity index (χ2v) is 5.42. The van der Waals surface area contributed by atoms with Gasteiger partial charge in [0.2, 0.25) is 5.88 Å². The number of hydrogen-bond donors (Lipinski definition) is 0. The molecule has 0 radical (unpaired) electrons. The van der Waals surface area contributed by atoms with Crippen molar-refractivity contribution in [3.05, 3.63) is 47.9 Å². The monoisotopic (exact) mass is 309 g/mol. The van der Waals surface area contributed by atoms with Crippen LogP contribution in [0.5, 0.6) is 5.88 Å². The van der Waals surface area contributed by atoms with Crippen molar-refractivity contribution in [2.24, 2.45) is 0 Å². The zero-order chi connectivity index (χ0) is 16.1. The summed E-state index contributed by atoms with van der Waals surface area (Å²) in [5.41, 5.74) is 2.43. The van der Waals surface area contributed by atoms with Gasteiger partial charge in [-0.15, -0.1) is 0 Å². The number of rotatable bonds is 4. The molecule has 118 valence electrons. The predicted octanol–water partition coefficient (Wildman–Crippen LogP) is 1.68. The Kier molecular flexibility index (Phi) is 4.69. The second kappa shape index (κ2) is 7.07. The first-order chi connectivity index (χ1) is 11.3. The molecule has 1 saturated heterocycles. The Bertz CT molecular complexity index is 704. The van der Waals surface area contributed by atoms with E-state index in [1.54, 1.807) is 13.3 Å². The zero-order valence-corrected chi connectivity index (χ0v) is 13.1. The minimum Gasteiger partial charge on any atom is -0.481 e. The highest BCUT2D eigenvalue weighted by Gasteiger charge is 2.20. The maximum Gasteiger partial charge on any atom is 0.213 e. The van der Waals surface area contributed by atoms with Crippen molar-refractivity contribution in [3.8, 4) is 11.9 Å². The molecule has 0 saturated carbocycles. The molecule has 2 aromatic heterocycles. The molecule has 23 heavy (non-hydrogen) atoms. The molecule has 0 aliphatic carbocycles. The third kappa shape index (κ3) is 3.58. The van der Waals surface area contributed by atoms with Gasteiger partial charge in [0.15, 0.2) is 5.69 Å². The molecular weight excluding hydrogens is 290 g/mol. The van der Waals surface area contributed by atoms with E-state index in [0.717, 1.165) is 44.1 Å². The van der Waals surface area contributed by atoms with E-state index in [0.29, 0.717) is 11.6 Å². The lowest BCUT2D eigenvalue weighted by Gasteiger charge is -2.36. The normalized spacial score (nSPS) is 15.2. The van der Waals surface area contributed by atoms with Crippen LogP contribution in [-0.2, 0) is 6.54 Å². The van der Waals surface area contributed by atoms with Crippen molar-refractivity contribution >= 4 is 5.69 Å². The number of anilines is 1. The molecule has 0 aromatic carbocycles. The summed E-state index contributed by atoms with van der Waals surface area (Å²) < 4.78 is 5.17. The van der Waals surface area contributed by atoms with Crippen molar-refractivity contribution in [2.75, 3.05) is 38.2 Å². The molecule has 0 amide bonds. The minimum atomic E-state index is 0.496. The highest BCUT2D eigenvalue weighted by Crippen LogP contribution is 2.20. The smallest absolute Gasteiger partial charge is 0.213 e. The van der Waals surface area contributed by atoms with Gasteiger partial charge < -0.3 is 9.64 Å². The van der Waals surface area contributed by atoms with Crippen LogP contribution >= 0.6 is 0 Å². The van der Waals surface area contributed by atoms with Crippen molar-refractivity contribution in [1.29, 1.82) is 5.26 Å². The molecule has 1 fully saturated rings. The molecule has 0 N–H and O–H groups in total. The summed E-state index contributed by atoms with van der Waals surface area (Å²) in [6.07, 6.45) is 1.66. The van der Waals surface area contributed by atoms with Crippen LogP contribution in [0.4, 0.5) is 5.69 Å². The molecule has 0 unspecified atom stereocenters. The molecule has 1 aliphatic heterocycles. The summed E-state index contributed by atoms with van der Waals surface area (Å²) in [4.78, 5) is 13.2. The fourth-order valence-corrected chi connectivity index (χ4v) is 2.77. The molecule has 1 aliphatic rings. The topological polar surface area (TPSA) is 65.3 Å². The Hall–Kier alpha value is -2.65. The van der Waals surface area contributed by atoms with E-state index in [1.807, 2.05) is 30.3 Å². The molecule has 0 spiro atoms. The Morgan fingerprint density at radius 2 is 2.00 bits per heavy atom. The number of piperazine rings is 1. The fourth-order valence-electron chi connectivity index (χ4n) is 2.77. The van der Waals surface area contributed by atoms with Crippen molar-refractivity contribution in [2.45, 2.75) is 6.54 Å². The molecule has 0 atom stereocenters. The molecule has 3 heterocycles. The van der Waals surface area contributed by atoms with Gasteiger partial charge in [0.1, 0.15) is 6.07 Å². The van der Waals surface area contributed by atoms with Gasteiger partial charge in [-0.2, -0.15) is 5.26 Å². The van der Waals surface area contributed by atoms with Gasteiger partial charge in [0.25, 0.3) is 0 Å². The van der Waals surface area contributed by atoms with E-state index < -0.39 is 0 Å². The zero-order valence-electron chi connectivity index (χ0n) is 13.1. The van der Waals surface area contributed by atoms with E-state index in [9.17, 15) is 5.26 Å². The molecule has 6 nitrogen and oxygen atoms in total. The lowest BCUT2D eigenvalue weighted by atomic mass is 10.2. The highest BCUT2D eigenvalue weighted by atomic mass is 16.5. The van der Waals surface area contributed by atoms with Gasteiger partial charge >= 0.3 is 0 Å². The molecular formula is C17H19N5O. The Morgan fingerprint density at radius 1 is 1.17 bits per heavy atom. The Balaban J connectivity index is 1.61. The molecule has 3 rings (SSSR count). The van der Waals surface area contributed by atoms with E-state index in [1.165, 1.54) is 0 Å². The van der Waals surface area contributed by atoms with E-state index >= 15 is 0 Å². The van der Waals surface area contributed by atoms with E-state index in [2.05, 4.69) is 25.8 Å². The third-order valence-corrected chi connectivity index (χ3v) is 3.98. The van der Waals surface area contributed by atoms with Crippen LogP contribution < -0.4 is 9.64 Å².